The van der Waals surface area contributed by atoms with Crippen LogP contribution in [0.15, 0.2) is 17.9 Å². The monoisotopic (exact) mass is 138 g/mol. The summed E-state index contributed by atoms with van der Waals surface area (Å²) in [6.07, 6.45) is 1.43. The van der Waals surface area contributed by atoms with Gasteiger partial charge in [0, 0.05) is 11.9 Å². The Morgan fingerprint density at radius 3 is 2.60 bits per heavy atom. The third-order valence-corrected chi connectivity index (χ3v) is 1.66. The van der Waals surface area contributed by atoms with E-state index in [1.54, 1.807) is 0 Å². The Balaban J connectivity index is 2.86. The number of rotatable bonds is 1. The van der Waals surface area contributed by atoms with Crippen LogP contribution in [0.4, 0.5) is 0 Å². The molecule has 1 atom stereocenters. The highest BCUT2D eigenvalue weighted by molar-refractivity contribution is 6.06. The molecule has 0 spiro atoms. The molecule has 0 bridgehead atoms. The van der Waals surface area contributed by atoms with Crippen molar-refractivity contribution in [2.24, 2.45) is 11.0 Å². The van der Waals surface area contributed by atoms with Crippen molar-refractivity contribution >= 4 is 11.6 Å². The summed E-state index contributed by atoms with van der Waals surface area (Å²) in [5.41, 5.74) is 0.852. The van der Waals surface area contributed by atoms with Gasteiger partial charge < -0.3 is 0 Å². The van der Waals surface area contributed by atoms with Crippen LogP contribution in [0.2, 0.25) is 0 Å². The van der Waals surface area contributed by atoms with Gasteiger partial charge in [0.15, 0.2) is 0 Å². The summed E-state index contributed by atoms with van der Waals surface area (Å²) in [4.78, 5) is 11.1. The summed E-state index contributed by atoms with van der Waals surface area (Å²) >= 11 is 0. The molecule has 1 aliphatic rings. The summed E-state index contributed by atoms with van der Waals surface area (Å²) in [7, 11) is 0. The van der Waals surface area contributed by atoms with Crippen LogP contribution in [0.1, 0.15) is 13.8 Å². The lowest BCUT2D eigenvalue weighted by Crippen LogP contribution is -2.20. The van der Waals surface area contributed by atoms with Gasteiger partial charge in [-0.3, -0.25) is 4.79 Å². The van der Waals surface area contributed by atoms with Crippen LogP contribution in [0.5, 0.6) is 0 Å². The van der Waals surface area contributed by atoms with Crippen LogP contribution in [-0.4, -0.2) is 16.6 Å². The van der Waals surface area contributed by atoms with Crippen molar-refractivity contribution in [3.8, 4) is 0 Å². The van der Waals surface area contributed by atoms with Crippen molar-refractivity contribution in [1.29, 1.82) is 0 Å². The molecule has 1 amide bonds. The van der Waals surface area contributed by atoms with E-state index in [9.17, 15) is 4.79 Å². The maximum atomic E-state index is 11.1. The van der Waals surface area contributed by atoms with Gasteiger partial charge in [-0.25, -0.2) is 5.01 Å². The molecule has 0 N–H and O–H groups in total. The molecule has 0 aliphatic carbocycles. The predicted octanol–water partition coefficient (Wildman–Crippen LogP) is 0.984. The number of carbonyl (C=O) groups is 1. The number of hydrogen-bond acceptors (Lipinski definition) is 2. The molecule has 54 valence electrons. The molecule has 1 unspecified atom stereocenters. The molecule has 1 rings (SSSR count). The maximum Gasteiger partial charge on any atom is 0.255 e. The van der Waals surface area contributed by atoms with E-state index in [1.807, 2.05) is 13.8 Å². The summed E-state index contributed by atoms with van der Waals surface area (Å²) in [5.74, 6) is -0.0644. The number of nitrogens with zero attached hydrogens (tertiary/aromatic N) is 2. The second-order valence-corrected chi connectivity index (χ2v) is 2.33. The fraction of sp³-hybridized carbons (Fsp3) is 0.429. The van der Waals surface area contributed by atoms with Crippen molar-refractivity contribution in [2.45, 2.75) is 13.8 Å². The summed E-state index contributed by atoms with van der Waals surface area (Å²) in [6, 6.07) is 0. The molecule has 1 aliphatic heterocycles. The standard InChI is InChI=1S/C7H10N2O/c1-4-9-7(10)5(2)6(3)8-9/h4-5H,1H2,2-3H3. The zero-order valence-electron chi connectivity index (χ0n) is 6.16. The fourth-order valence-electron chi connectivity index (χ4n) is 0.814. The lowest BCUT2D eigenvalue weighted by Gasteiger charge is -2.03. The van der Waals surface area contributed by atoms with Gasteiger partial charge >= 0.3 is 0 Å². The van der Waals surface area contributed by atoms with Gasteiger partial charge in [0.05, 0.1) is 5.92 Å². The van der Waals surface area contributed by atoms with E-state index in [0.29, 0.717) is 0 Å². The van der Waals surface area contributed by atoms with E-state index in [-0.39, 0.29) is 11.8 Å². The molecule has 3 heteroatoms. The average molecular weight is 138 g/mol. The first-order chi connectivity index (χ1) is 4.66. The van der Waals surface area contributed by atoms with Crippen LogP contribution in [0, 0.1) is 5.92 Å². The quantitative estimate of drug-likeness (QED) is 0.531. The summed E-state index contributed by atoms with van der Waals surface area (Å²) < 4.78 is 0. The van der Waals surface area contributed by atoms with Crippen LogP contribution >= 0.6 is 0 Å². The highest BCUT2D eigenvalue weighted by atomic mass is 16.2. The van der Waals surface area contributed by atoms with Gasteiger partial charge in [-0.2, -0.15) is 5.10 Å². The first-order valence-corrected chi connectivity index (χ1v) is 3.17. The highest BCUT2D eigenvalue weighted by Gasteiger charge is 2.27. The molecule has 0 radical (unpaired) electrons. The third kappa shape index (κ3) is 0.835. The Morgan fingerprint density at radius 2 is 2.40 bits per heavy atom. The molecule has 0 fully saturated rings. The Morgan fingerprint density at radius 1 is 1.80 bits per heavy atom. The summed E-state index contributed by atoms with van der Waals surface area (Å²) in [6.45, 7) is 7.14. The average Bonchev–Trinajstić information content (AvgIpc) is 2.17. The van der Waals surface area contributed by atoms with Crippen LogP contribution in [-0.2, 0) is 4.79 Å². The van der Waals surface area contributed by atoms with Gasteiger partial charge in [-0.15, -0.1) is 0 Å². The van der Waals surface area contributed by atoms with Gasteiger partial charge in [-0.1, -0.05) is 6.58 Å². The molecule has 1 heterocycles. The van der Waals surface area contributed by atoms with Crippen molar-refractivity contribution in [2.75, 3.05) is 0 Å². The molecule has 0 saturated carbocycles. The number of carbonyl (C=O) groups excluding carboxylic acids is 1. The normalized spacial score (nSPS) is 25.0. The SMILES string of the molecule is C=CN1N=C(C)C(C)C1=O. The van der Waals surface area contributed by atoms with E-state index in [0.717, 1.165) is 5.71 Å². The highest BCUT2D eigenvalue weighted by Crippen LogP contribution is 2.13. The maximum absolute atomic E-state index is 11.1. The molecule has 0 aromatic rings. The van der Waals surface area contributed by atoms with Crippen LogP contribution < -0.4 is 0 Å². The largest absolute Gasteiger partial charge is 0.272 e. The molecule has 0 aromatic carbocycles. The van der Waals surface area contributed by atoms with E-state index in [1.165, 1.54) is 11.2 Å². The van der Waals surface area contributed by atoms with E-state index in [2.05, 4.69) is 11.7 Å². The molecule has 0 saturated heterocycles. The van der Waals surface area contributed by atoms with Gasteiger partial charge in [-0.05, 0) is 13.8 Å². The van der Waals surface area contributed by atoms with Gasteiger partial charge in [0.1, 0.15) is 0 Å². The molecular weight excluding hydrogens is 128 g/mol. The van der Waals surface area contributed by atoms with Crippen molar-refractivity contribution in [1.82, 2.24) is 5.01 Å². The molecule has 10 heavy (non-hydrogen) atoms. The molecular formula is C7H10N2O. The Bertz CT molecular complexity index is 208. The predicted molar refractivity (Wildman–Crippen MR) is 39.3 cm³/mol. The zero-order chi connectivity index (χ0) is 7.72. The van der Waals surface area contributed by atoms with Crippen LogP contribution in [0.25, 0.3) is 0 Å². The van der Waals surface area contributed by atoms with E-state index >= 15 is 0 Å². The first-order valence-electron chi connectivity index (χ1n) is 3.17. The van der Waals surface area contributed by atoms with Gasteiger partial charge in [0.2, 0.25) is 0 Å². The number of amides is 1. The second kappa shape index (κ2) is 2.25. The van der Waals surface area contributed by atoms with E-state index in [4.69, 9.17) is 0 Å². The smallest absolute Gasteiger partial charge is 0.255 e. The lowest BCUT2D eigenvalue weighted by molar-refractivity contribution is -0.128. The Hall–Kier alpha value is -1.12. The van der Waals surface area contributed by atoms with Crippen molar-refractivity contribution in [3.05, 3.63) is 12.8 Å². The minimum atomic E-state index is -0.0713. The summed E-state index contributed by atoms with van der Waals surface area (Å²) in [5, 5.41) is 5.23. The second-order valence-electron chi connectivity index (χ2n) is 2.33. The van der Waals surface area contributed by atoms with Crippen molar-refractivity contribution in [3.63, 3.8) is 0 Å². The van der Waals surface area contributed by atoms with Gasteiger partial charge in [0.25, 0.3) is 5.91 Å². The zero-order valence-corrected chi connectivity index (χ0v) is 6.16. The lowest BCUT2D eigenvalue weighted by atomic mass is 10.1. The molecule has 0 aromatic heterocycles. The minimum absolute atomic E-state index is 0.00694. The number of hydrazone groups is 1. The third-order valence-electron chi connectivity index (χ3n) is 1.66. The van der Waals surface area contributed by atoms with Crippen LogP contribution in [0.3, 0.4) is 0 Å². The fourth-order valence-corrected chi connectivity index (χ4v) is 0.814. The topological polar surface area (TPSA) is 32.7 Å². The molecule has 3 nitrogen and oxygen atoms in total. The minimum Gasteiger partial charge on any atom is -0.272 e. The Kier molecular flexibility index (Phi) is 1.57. The Labute approximate surface area is 60.0 Å². The van der Waals surface area contributed by atoms with Crippen molar-refractivity contribution < 1.29 is 4.79 Å². The number of hydrogen-bond donors (Lipinski definition) is 0. The first kappa shape index (κ1) is 6.99. The van der Waals surface area contributed by atoms with E-state index < -0.39 is 0 Å².